The topological polar surface area (TPSA) is 65.1 Å². The Balaban J connectivity index is 1.47. The lowest BCUT2D eigenvalue weighted by Gasteiger charge is -2.22. The van der Waals surface area contributed by atoms with Crippen LogP contribution in [0, 0.1) is 0 Å². The van der Waals surface area contributed by atoms with Crippen LogP contribution in [0.4, 0.5) is 5.69 Å². The van der Waals surface area contributed by atoms with E-state index in [0.29, 0.717) is 37.7 Å². The lowest BCUT2D eigenvalue weighted by atomic mass is 10.1. The van der Waals surface area contributed by atoms with Crippen molar-refractivity contribution in [1.29, 1.82) is 0 Å². The first-order valence-corrected chi connectivity index (χ1v) is 8.55. The quantitative estimate of drug-likeness (QED) is 0.773. The third-order valence-electron chi connectivity index (χ3n) is 4.61. The molecule has 6 nitrogen and oxygen atoms in total. The molecule has 2 aromatic carbocycles. The number of rotatable bonds is 5. The zero-order chi connectivity index (χ0) is 18.1. The highest BCUT2D eigenvalue weighted by Crippen LogP contribution is 2.45. The van der Waals surface area contributed by atoms with Crippen LogP contribution >= 0.6 is 0 Å². The van der Waals surface area contributed by atoms with Crippen LogP contribution in [0.5, 0.6) is 5.75 Å². The van der Waals surface area contributed by atoms with Crippen molar-refractivity contribution in [3.05, 3.63) is 59.7 Å². The molecule has 0 bridgehead atoms. The smallest absolute Gasteiger partial charge is 0.292 e. The van der Waals surface area contributed by atoms with Gasteiger partial charge in [0.25, 0.3) is 11.7 Å². The number of para-hydroxylation sites is 1. The number of anilines is 1. The largest absolute Gasteiger partial charge is 0.492 e. The van der Waals surface area contributed by atoms with Crippen molar-refractivity contribution in [2.24, 2.45) is 0 Å². The first-order chi connectivity index (χ1) is 12.6. The number of nitrogens with zero attached hydrogens (tertiary/aromatic N) is 1. The molecule has 2 heterocycles. The molecule has 26 heavy (non-hydrogen) atoms. The first-order valence-electron chi connectivity index (χ1n) is 8.55. The summed E-state index contributed by atoms with van der Waals surface area (Å²) < 4.78 is 17.1. The number of fused-ring (bicyclic) bond motifs is 2. The van der Waals surface area contributed by atoms with Crippen LogP contribution in [0.1, 0.15) is 22.8 Å². The van der Waals surface area contributed by atoms with Crippen molar-refractivity contribution >= 4 is 17.4 Å². The second kappa shape index (κ2) is 6.55. The fourth-order valence-corrected chi connectivity index (χ4v) is 3.34. The summed E-state index contributed by atoms with van der Waals surface area (Å²) in [6, 6.07) is 14.5. The van der Waals surface area contributed by atoms with E-state index in [4.69, 9.17) is 14.2 Å². The van der Waals surface area contributed by atoms with Crippen molar-refractivity contribution in [2.45, 2.75) is 12.7 Å². The van der Waals surface area contributed by atoms with Crippen LogP contribution in [0.2, 0.25) is 0 Å². The van der Waals surface area contributed by atoms with Gasteiger partial charge in [-0.05, 0) is 37.3 Å². The molecule has 134 valence electrons. The minimum atomic E-state index is -1.31. The Hall–Kier alpha value is -2.70. The van der Waals surface area contributed by atoms with Crippen LogP contribution in [-0.2, 0) is 20.1 Å². The maximum absolute atomic E-state index is 12.9. The average Bonchev–Trinajstić information content (AvgIpc) is 3.23. The Morgan fingerprint density at radius 3 is 2.50 bits per heavy atom. The molecule has 2 aliphatic heterocycles. The number of Topliss-reactive ketones (excluding diaryl/α,β-unsaturated/α-hetero) is 1. The number of amides is 1. The van der Waals surface area contributed by atoms with E-state index in [2.05, 4.69) is 0 Å². The van der Waals surface area contributed by atoms with Crippen molar-refractivity contribution in [1.82, 2.24) is 0 Å². The van der Waals surface area contributed by atoms with Gasteiger partial charge in [-0.3, -0.25) is 9.59 Å². The number of hydrogen-bond acceptors (Lipinski definition) is 5. The molecule has 0 aliphatic carbocycles. The number of carbonyl (C=O) groups is 2. The Kier molecular flexibility index (Phi) is 4.22. The fourth-order valence-electron chi connectivity index (χ4n) is 3.34. The van der Waals surface area contributed by atoms with Crippen molar-refractivity contribution in [3.63, 3.8) is 0 Å². The molecule has 2 aliphatic rings. The normalized spacial score (nSPS) is 17.6. The summed E-state index contributed by atoms with van der Waals surface area (Å²) in [4.78, 5) is 25.9. The lowest BCUT2D eigenvalue weighted by Crippen LogP contribution is -2.42. The third-order valence-corrected chi connectivity index (χ3v) is 4.61. The van der Waals surface area contributed by atoms with Crippen LogP contribution in [-0.4, -0.2) is 38.1 Å². The highest BCUT2D eigenvalue weighted by Gasteiger charge is 2.55. The molecule has 0 atom stereocenters. The SMILES string of the molecule is CC(=O)c1ccc(OCCN2C(=O)C3(OCCO3)c3ccccc32)cc1. The van der Waals surface area contributed by atoms with Gasteiger partial charge in [-0.2, -0.15) is 0 Å². The van der Waals surface area contributed by atoms with Crippen molar-refractivity contribution in [2.75, 3.05) is 31.3 Å². The Labute approximate surface area is 151 Å². The molecule has 1 spiro atoms. The van der Waals surface area contributed by atoms with Gasteiger partial charge in [0, 0.05) is 11.1 Å². The van der Waals surface area contributed by atoms with Crippen LogP contribution in [0.3, 0.4) is 0 Å². The highest BCUT2D eigenvalue weighted by molar-refractivity contribution is 6.06. The molecule has 1 fully saturated rings. The summed E-state index contributed by atoms with van der Waals surface area (Å²) in [7, 11) is 0. The molecule has 2 aromatic rings. The van der Waals surface area contributed by atoms with Gasteiger partial charge in [-0.25, -0.2) is 0 Å². The molecule has 0 radical (unpaired) electrons. The molecule has 0 saturated carbocycles. The van der Waals surface area contributed by atoms with E-state index in [-0.39, 0.29) is 11.7 Å². The molecule has 0 unspecified atom stereocenters. The zero-order valence-corrected chi connectivity index (χ0v) is 14.4. The molecule has 1 amide bonds. The molecule has 1 saturated heterocycles. The van der Waals surface area contributed by atoms with Gasteiger partial charge >= 0.3 is 0 Å². The number of ketones is 1. The van der Waals surface area contributed by atoms with E-state index in [1.54, 1.807) is 29.2 Å². The predicted molar refractivity (Wildman–Crippen MR) is 94.3 cm³/mol. The van der Waals surface area contributed by atoms with Gasteiger partial charge in [0.15, 0.2) is 5.78 Å². The maximum Gasteiger partial charge on any atom is 0.292 e. The second-order valence-corrected chi connectivity index (χ2v) is 6.22. The molecule has 6 heteroatoms. The average molecular weight is 353 g/mol. The van der Waals surface area contributed by atoms with Gasteiger partial charge < -0.3 is 19.1 Å². The summed E-state index contributed by atoms with van der Waals surface area (Å²) in [6.07, 6.45) is 0. The number of carbonyl (C=O) groups excluding carboxylic acids is 2. The molecule has 0 N–H and O–H groups in total. The maximum atomic E-state index is 12.9. The van der Waals surface area contributed by atoms with Crippen LogP contribution in [0.25, 0.3) is 0 Å². The van der Waals surface area contributed by atoms with E-state index in [1.807, 2.05) is 24.3 Å². The standard InChI is InChI=1S/C20H19NO5/c1-14(22)15-6-8-16(9-7-15)24-11-10-21-18-5-3-2-4-17(18)20(19(21)23)25-12-13-26-20/h2-9H,10-13H2,1H3. The van der Waals surface area contributed by atoms with E-state index in [1.165, 1.54) is 6.92 Å². The van der Waals surface area contributed by atoms with E-state index in [9.17, 15) is 9.59 Å². The fraction of sp³-hybridized carbons (Fsp3) is 0.300. The Morgan fingerprint density at radius 2 is 1.81 bits per heavy atom. The van der Waals surface area contributed by atoms with Gasteiger partial charge in [0.2, 0.25) is 0 Å². The van der Waals surface area contributed by atoms with Crippen LogP contribution < -0.4 is 9.64 Å². The molecule has 0 aromatic heterocycles. The predicted octanol–water partition coefficient (Wildman–Crippen LogP) is 2.51. The summed E-state index contributed by atoms with van der Waals surface area (Å²) >= 11 is 0. The van der Waals surface area contributed by atoms with Crippen molar-refractivity contribution in [3.8, 4) is 5.75 Å². The second-order valence-electron chi connectivity index (χ2n) is 6.22. The number of ether oxygens (including phenoxy) is 3. The van der Waals surface area contributed by atoms with E-state index >= 15 is 0 Å². The number of benzene rings is 2. The van der Waals surface area contributed by atoms with Gasteiger partial charge in [-0.1, -0.05) is 18.2 Å². The van der Waals surface area contributed by atoms with Gasteiger partial charge in [0.1, 0.15) is 12.4 Å². The van der Waals surface area contributed by atoms with Crippen molar-refractivity contribution < 1.29 is 23.8 Å². The van der Waals surface area contributed by atoms with Gasteiger partial charge in [-0.15, -0.1) is 0 Å². The van der Waals surface area contributed by atoms with E-state index < -0.39 is 5.79 Å². The number of hydrogen-bond donors (Lipinski definition) is 0. The summed E-state index contributed by atoms with van der Waals surface area (Å²) in [5.74, 6) is -0.859. The molecular weight excluding hydrogens is 334 g/mol. The minimum Gasteiger partial charge on any atom is -0.492 e. The monoisotopic (exact) mass is 353 g/mol. The summed E-state index contributed by atoms with van der Waals surface area (Å²) in [6.45, 7) is 3.00. The lowest BCUT2D eigenvalue weighted by molar-refractivity contribution is -0.180. The van der Waals surface area contributed by atoms with Crippen LogP contribution in [0.15, 0.2) is 48.5 Å². The first kappa shape index (κ1) is 16.8. The highest BCUT2D eigenvalue weighted by atomic mass is 16.7. The Morgan fingerprint density at radius 1 is 1.12 bits per heavy atom. The summed E-state index contributed by atoms with van der Waals surface area (Å²) in [5, 5.41) is 0. The minimum absolute atomic E-state index is 0.0117. The molecule has 4 rings (SSSR count). The Bertz CT molecular complexity index is 840. The molecular formula is C20H19NO5. The summed E-state index contributed by atoms with van der Waals surface area (Å²) in [5.41, 5.74) is 2.17. The van der Waals surface area contributed by atoms with Gasteiger partial charge in [0.05, 0.1) is 25.4 Å². The van der Waals surface area contributed by atoms with E-state index in [0.717, 1.165) is 11.3 Å². The zero-order valence-electron chi connectivity index (χ0n) is 14.4. The third kappa shape index (κ3) is 2.67.